The van der Waals surface area contributed by atoms with E-state index in [1.165, 1.54) is 12.4 Å². The Balaban J connectivity index is 1.37. The molecule has 1 atom stereocenters. The molecule has 1 spiro atoms. The number of ether oxygens (including phenoxy) is 2. The normalized spacial score (nSPS) is 21.5. The summed E-state index contributed by atoms with van der Waals surface area (Å²) in [7, 11) is 0. The van der Waals surface area contributed by atoms with Crippen LogP contribution >= 0.6 is 0 Å². The van der Waals surface area contributed by atoms with E-state index < -0.39 is 0 Å². The van der Waals surface area contributed by atoms with Gasteiger partial charge in [0.25, 0.3) is 5.91 Å². The molecule has 4 rings (SSSR count). The van der Waals surface area contributed by atoms with Gasteiger partial charge in [-0.1, -0.05) is 6.07 Å². The zero-order valence-corrected chi connectivity index (χ0v) is 13.2. The van der Waals surface area contributed by atoms with E-state index in [2.05, 4.69) is 15.0 Å². The van der Waals surface area contributed by atoms with Gasteiger partial charge in [0, 0.05) is 37.2 Å². The van der Waals surface area contributed by atoms with E-state index in [-0.39, 0.29) is 17.4 Å². The van der Waals surface area contributed by atoms with Gasteiger partial charge in [-0.3, -0.25) is 9.78 Å². The lowest BCUT2D eigenvalue weighted by molar-refractivity contribution is -0.122. The van der Waals surface area contributed by atoms with Crippen molar-refractivity contribution in [1.82, 2.24) is 19.9 Å². The Bertz CT molecular complexity index is 704. The number of pyridine rings is 1. The van der Waals surface area contributed by atoms with Gasteiger partial charge in [-0.15, -0.1) is 0 Å². The number of likely N-dealkylation sites (tertiary alicyclic amines) is 1. The lowest BCUT2D eigenvalue weighted by Gasteiger charge is -2.49. The van der Waals surface area contributed by atoms with Crippen molar-refractivity contribution in [3.63, 3.8) is 0 Å². The molecule has 2 aromatic rings. The lowest BCUT2D eigenvalue weighted by Crippen LogP contribution is -2.66. The molecule has 7 heteroatoms. The molecule has 0 aliphatic carbocycles. The Hall–Kier alpha value is -2.54. The molecular weight excluding hydrogens is 308 g/mol. The molecule has 2 aliphatic rings. The summed E-state index contributed by atoms with van der Waals surface area (Å²) in [5, 5.41) is 0. The average molecular weight is 326 g/mol. The number of nitrogens with zero attached hydrogens (tertiary/aromatic N) is 4. The molecule has 2 saturated heterocycles. The zero-order valence-electron chi connectivity index (χ0n) is 13.2. The van der Waals surface area contributed by atoms with Crippen LogP contribution in [-0.4, -0.2) is 57.7 Å². The quantitative estimate of drug-likeness (QED) is 0.840. The van der Waals surface area contributed by atoms with Gasteiger partial charge in [0.1, 0.15) is 11.3 Å². The largest absolute Gasteiger partial charge is 0.477 e. The molecule has 2 aliphatic heterocycles. The first-order valence-corrected chi connectivity index (χ1v) is 8.00. The summed E-state index contributed by atoms with van der Waals surface area (Å²) in [5.74, 6) is 0.769. The maximum atomic E-state index is 12.4. The van der Waals surface area contributed by atoms with E-state index >= 15 is 0 Å². The molecule has 0 aromatic carbocycles. The predicted octanol–water partition coefficient (Wildman–Crippen LogP) is 1.18. The van der Waals surface area contributed by atoms with Gasteiger partial charge in [0.15, 0.2) is 0 Å². The first-order chi connectivity index (χ1) is 11.8. The molecule has 0 bridgehead atoms. The van der Waals surface area contributed by atoms with Crippen LogP contribution in [0.1, 0.15) is 16.9 Å². The summed E-state index contributed by atoms with van der Waals surface area (Å²) in [5.41, 5.74) is 0.0683. The van der Waals surface area contributed by atoms with E-state index in [1.807, 2.05) is 18.2 Å². The highest BCUT2D eigenvalue weighted by Crippen LogP contribution is 2.40. The summed E-state index contributed by atoms with van der Waals surface area (Å²) in [4.78, 5) is 26.3. The highest BCUT2D eigenvalue weighted by Gasteiger charge is 2.55. The predicted molar refractivity (Wildman–Crippen MR) is 84.5 cm³/mol. The molecule has 4 heterocycles. The van der Waals surface area contributed by atoms with Crippen LogP contribution in [0.15, 0.2) is 43.0 Å². The number of carbonyl (C=O) groups is 1. The van der Waals surface area contributed by atoms with Gasteiger partial charge in [-0.05, 0) is 12.5 Å². The van der Waals surface area contributed by atoms with E-state index in [1.54, 1.807) is 17.3 Å². The number of carbonyl (C=O) groups excluding carboxylic acids is 1. The highest BCUT2D eigenvalue weighted by atomic mass is 16.5. The Morgan fingerprint density at radius 1 is 1.29 bits per heavy atom. The van der Waals surface area contributed by atoms with Crippen LogP contribution in [0.4, 0.5) is 0 Å². The van der Waals surface area contributed by atoms with E-state index in [9.17, 15) is 4.79 Å². The van der Waals surface area contributed by atoms with Crippen LogP contribution in [0, 0.1) is 5.92 Å². The van der Waals surface area contributed by atoms with Gasteiger partial charge in [0.2, 0.25) is 5.88 Å². The van der Waals surface area contributed by atoms with Gasteiger partial charge in [-0.2, -0.15) is 0 Å². The molecule has 2 fully saturated rings. The van der Waals surface area contributed by atoms with Crippen LogP contribution in [0.3, 0.4) is 0 Å². The minimum atomic E-state index is -0.299. The van der Waals surface area contributed by atoms with Crippen molar-refractivity contribution in [2.24, 2.45) is 5.92 Å². The van der Waals surface area contributed by atoms with Crippen LogP contribution in [0.2, 0.25) is 0 Å². The molecule has 0 unspecified atom stereocenters. The maximum absolute atomic E-state index is 12.4. The minimum Gasteiger partial charge on any atom is -0.477 e. The molecule has 24 heavy (non-hydrogen) atoms. The zero-order chi connectivity index (χ0) is 16.4. The number of rotatable bonds is 4. The first kappa shape index (κ1) is 15.0. The third-order valence-electron chi connectivity index (χ3n) is 4.66. The summed E-state index contributed by atoms with van der Waals surface area (Å²) in [6.45, 7) is 2.38. The lowest BCUT2D eigenvalue weighted by atomic mass is 9.81. The fourth-order valence-electron chi connectivity index (χ4n) is 3.30. The van der Waals surface area contributed by atoms with Gasteiger partial charge < -0.3 is 14.4 Å². The summed E-state index contributed by atoms with van der Waals surface area (Å²) in [6.07, 6.45) is 7.21. The Labute approximate surface area is 139 Å². The van der Waals surface area contributed by atoms with Gasteiger partial charge in [-0.25, -0.2) is 9.97 Å². The molecule has 1 amide bonds. The first-order valence-electron chi connectivity index (χ1n) is 8.00. The molecule has 0 saturated carbocycles. The second-order valence-corrected chi connectivity index (χ2v) is 6.13. The molecular formula is C17H18N4O3. The van der Waals surface area contributed by atoms with Crippen LogP contribution in [0.25, 0.3) is 0 Å². The van der Waals surface area contributed by atoms with Crippen LogP contribution in [0.5, 0.6) is 5.88 Å². The molecule has 124 valence electrons. The standard InChI is InChI=1S/C17H18N4O3/c22-16(14-9-18-6-7-19-14)21-11-17(12-21)13(4-8-24-17)10-23-15-3-1-2-5-20-15/h1-3,5-7,9,13H,4,8,10-12H2/t13-/m0/s1. The van der Waals surface area contributed by atoms with Crippen molar-refractivity contribution in [2.75, 3.05) is 26.3 Å². The van der Waals surface area contributed by atoms with E-state index in [0.717, 1.165) is 6.42 Å². The topological polar surface area (TPSA) is 77.4 Å². The minimum absolute atomic E-state index is 0.103. The van der Waals surface area contributed by atoms with Crippen molar-refractivity contribution in [3.8, 4) is 5.88 Å². The summed E-state index contributed by atoms with van der Waals surface area (Å²) < 4.78 is 11.7. The summed E-state index contributed by atoms with van der Waals surface area (Å²) in [6, 6.07) is 5.59. The highest BCUT2D eigenvalue weighted by molar-refractivity contribution is 5.92. The van der Waals surface area contributed by atoms with Gasteiger partial charge in [0.05, 0.1) is 25.9 Å². The van der Waals surface area contributed by atoms with Crippen molar-refractivity contribution in [1.29, 1.82) is 0 Å². The van der Waals surface area contributed by atoms with Gasteiger partial charge >= 0.3 is 0 Å². The Kier molecular flexibility index (Phi) is 3.86. The molecule has 2 aromatic heterocycles. The van der Waals surface area contributed by atoms with Crippen molar-refractivity contribution < 1.29 is 14.3 Å². The van der Waals surface area contributed by atoms with E-state index in [4.69, 9.17) is 9.47 Å². The van der Waals surface area contributed by atoms with Crippen LogP contribution < -0.4 is 4.74 Å². The third-order valence-corrected chi connectivity index (χ3v) is 4.66. The third kappa shape index (κ3) is 2.71. The van der Waals surface area contributed by atoms with Crippen LogP contribution in [-0.2, 0) is 4.74 Å². The molecule has 0 radical (unpaired) electrons. The second kappa shape index (κ2) is 6.16. The SMILES string of the molecule is O=C(c1cnccn1)N1CC2(C1)OCC[C@H]2COc1ccccn1. The van der Waals surface area contributed by atoms with Crippen molar-refractivity contribution in [3.05, 3.63) is 48.7 Å². The number of aromatic nitrogens is 3. The van der Waals surface area contributed by atoms with E-state index in [0.29, 0.717) is 37.9 Å². The van der Waals surface area contributed by atoms with Crippen molar-refractivity contribution >= 4 is 5.91 Å². The molecule has 0 N–H and O–H groups in total. The Morgan fingerprint density at radius 2 is 2.21 bits per heavy atom. The second-order valence-electron chi connectivity index (χ2n) is 6.13. The average Bonchev–Trinajstić information content (AvgIpc) is 3.04. The number of amides is 1. The number of hydrogen-bond donors (Lipinski definition) is 0. The smallest absolute Gasteiger partial charge is 0.274 e. The van der Waals surface area contributed by atoms with Crippen molar-refractivity contribution in [2.45, 2.75) is 12.0 Å². The fraction of sp³-hybridized carbons (Fsp3) is 0.412. The maximum Gasteiger partial charge on any atom is 0.274 e. The Morgan fingerprint density at radius 3 is 2.96 bits per heavy atom. The number of hydrogen-bond acceptors (Lipinski definition) is 6. The fourth-order valence-corrected chi connectivity index (χ4v) is 3.30. The monoisotopic (exact) mass is 326 g/mol. The molecule has 7 nitrogen and oxygen atoms in total. The summed E-state index contributed by atoms with van der Waals surface area (Å²) >= 11 is 0.